The van der Waals surface area contributed by atoms with E-state index in [2.05, 4.69) is 9.71 Å². The van der Waals surface area contributed by atoms with Crippen LogP contribution in [0.5, 0.6) is 0 Å². The average molecular weight is 438 g/mol. The molecule has 1 aliphatic rings. The van der Waals surface area contributed by atoms with Crippen molar-refractivity contribution < 1.29 is 18.3 Å². The third-order valence-electron chi connectivity index (χ3n) is 5.01. The molecule has 0 bridgehead atoms. The molecule has 0 amide bonds. The number of nitrogens with one attached hydrogen (secondary N) is 1. The lowest BCUT2D eigenvalue weighted by Crippen LogP contribution is -2.29. The van der Waals surface area contributed by atoms with Crippen molar-refractivity contribution in [2.75, 3.05) is 22.7 Å². The molecule has 156 valence electrons. The van der Waals surface area contributed by atoms with E-state index in [0.717, 1.165) is 38.8 Å². The molecular formula is C20H24ClN3O4S. The summed E-state index contributed by atoms with van der Waals surface area (Å²) in [6.07, 6.45) is 6.71. The van der Waals surface area contributed by atoms with Crippen LogP contribution >= 0.6 is 11.6 Å². The van der Waals surface area contributed by atoms with Crippen LogP contribution in [0.25, 0.3) is 0 Å². The number of carboxylic acid groups (broad SMARTS) is 1. The highest BCUT2D eigenvalue weighted by Crippen LogP contribution is 2.27. The normalized spacial score (nSPS) is 15.4. The Hall–Kier alpha value is -2.32. The molecule has 0 spiro atoms. The van der Waals surface area contributed by atoms with Gasteiger partial charge in [0.25, 0.3) is 10.0 Å². The van der Waals surface area contributed by atoms with Gasteiger partial charge in [-0.25, -0.2) is 18.2 Å². The van der Waals surface area contributed by atoms with Gasteiger partial charge in [0, 0.05) is 18.1 Å². The minimum absolute atomic E-state index is 0.0198. The maximum atomic E-state index is 12.8. The van der Waals surface area contributed by atoms with Crippen molar-refractivity contribution in [1.82, 2.24) is 4.98 Å². The van der Waals surface area contributed by atoms with Crippen LogP contribution in [0.2, 0.25) is 5.02 Å². The first-order chi connectivity index (χ1) is 13.8. The zero-order valence-electron chi connectivity index (χ0n) is 16.2. The number of benzene rings is 1. The highest BCUT2D eigenvalue weighted by Gasteiger charge is 2.22. The quantitative estimate of drug-likeness (QED) is 0.722. The van der Waals surface area contributed by atoms with E-state index in [9.17, 15) is 18.3 Å². The molecule has 0 atom stereocenters. The van der Waals surface area contributed by atoms with Crippen LogP contribution in [0.15, 0.2) is 35.4 Å². The van der Waals surface area contributed by atoms with E-state index in [4.69, 9.17) is 11.6 Å². The number of halogens is 1. The molecule has 0 aliphatic carbocycles. The van der Waals surface area contributed by atoms with Crippen molar-refractivity contribution >= 4 is 39.1 Å². The third kappa shape index (κ3) is 5.00. The number of rotatable bonds is 5. The molecule has 2 aromatic rings. The van der Waals surface area contributed by atoms with Gasteiger partial charge in [0.2, 0.25) is 0 Å². The van der Waals surface area contributed by atoms with Crippen molar-refractivity contribution in [2.45, 2.75) is 43.9 Å². The monoisotopic (exact) mass is 437 g/mol. The molecule has 2 heterocycles. The summed E-state index contributed by atoms with van der Waals surface area (Å²) < 4.78 is 28.0. The van der Waals surface area contributed by atoms with Crippen molar-refractivity contribution in [3.05, 3.63) is 46.6 Å². The number of carbonyl (C=O) groups is 1. The van der Waals surface area contributed by atoms with Crippen LogP contribution in [-0.2, 0) is 10.0 Å². The van der Waals surface area contributed by atoms with E-state index in [1.165, 1.54) is 24.8 Å². The Kier molecular flexibility index (Phi) is 6.64. The topological polar surface area (TPSA) is 99.6 Å². The lowest BCUT2D eigenvalue weighted by atomic mass is 10.1. The summed E-state index contributed by atoms with van der Waals surface area (Å²) in [5, 5.41) is 10.0. The number of sulfonamides is 1. The number of hydrogen-bond donors (Lipinski definition) is 2. The van der Waals surface area contributed by atoms with Gasteiger partial charge in [0.15, 0.2) is 0 Å². The van der Waals surface area contributed by atoms with Crippen molar-refractivity contribution in [1.29, 1.82) is 0 Å². The van der Waals surface area contributed by atoms with E-state index in [1.807, 2.05) is 4.90 Å². The second kappa shape index (κ2) is 9.00. The Labute approximate surface area is 175 Å². The molecule has 3 rings (SSSR count). The third-order valence-corrected chi connectivity index (χ3v) is 6.95. The van der Waals surface area contributed by atoms with Crippen molar-refractivity contribution in [2.24, 2.45) is 0 Å². The fourth-order valence-electron chi connectivity index (χ4n) is 3.47. The van der Waals surface area contributed by atoms with Gasteiger partial charge < -0.3 is 10.0 Å². The maximum Gasteiger partial charge on any atom is 0.339 e. The lowest BCUT2D eigenvalue weighted by molar-refractivity contribution is 0.0697. The van der Waals surface area contributed by atoms with Crippen LogP contribution in [0, 0.1) is 6.92 Å². The Morgan fingerprint density at radius 2 is 1.83 bits per heavy atom. The van der Waals surface area contributed by atoms with Gasteiger partial charge in [-0.05, 0) is 43.5 Å². The zero-order valence-corrected chi connectivity index (χ0v) is 17.8. The molecular weight excluding hydrogens is 414 g/mol. The number of pyridine rings is 1. The number of hydrogen-bond acceptors (Lipinski definition) is 5. The van der Waals surface area contributed by atoms with Crippen LogP contribution < -0.4 is 9.62 Å². The second-order valence-corrected chi connectivity index (χ2v) is 9.18. The van der Waals surface area contributed by atoms with E-state index in [0.29, 0.717) is 16.4 Å². The summed E-state index contributed by atoms with van der Waals surface area (Å²) in [5.41, 5.74) is 0.497. The summed E-state index contributed by atoms with van der Waals surface area (Å²) in [5.74, 6) is -0.768. The molecule has 9 heteroatoms. The van der Waals surface area contributed by atoms with E-state index in [-0.39, 0.29) is 16.1 Å². The maximum absolute atomic E-state index is 12.8. The highest BCUT2D eigenvalue weighted by molar-refractivity contribution is 7.92. The fraction of sp³-hybridized carbons (Fsp3) is 0.400. The minimum Gasteiger partial charge on any atom is -0.478 e. The fourth-order valence-corrected chi connectivity index (χ4v) is 5.00. The SMILES string of the molecule is Cc1c(Cl)cccc1S(=O)(=O)Nc1cnc(N2CCCCCCC2)c(C(=O)O)c1. The Morgan fingerprint density at radius 1 is 1.17 bits per heavy atom. The molecule has 1 aromatic heterocycles. The molecule has 0 unspecified atom stereocenters. The minimum atomic E-state index is -3.94. The first-order valence-electron chi connectivity index (χ1n) is 9.56. The summed E-state index contributed by atoms with van der Waals surface area (Å²) in [6.45, 7) is 3.09. The average Bonchev–Trinajstić information content (AvgIpc) is 2.63. The van der Waals surface area contributed by atoms with Crippen LogP contribution in [-0.4, -0.2) is 37.6 Å². The first kappa shape index (κ1) is 21.4. The van der Waals surface area contributed by atoms with Gasteiger partial charge in [-0.3, -0.25) is 4.72 Å². The van der Waals surface area contributed by atoms with Crippen molar-refractivity contribution in [3.8, 4) is 0 Å². The smallest absolute Gasteiger partial charge is 0.339 e. The van der Waals surface area contributed by atoms with E-state index >= 15 is 0 Å². The van der Waals surface area contributed by atoms with Gasteiger partial charge in [0.1, 0.15) is 11.4 Å². The standard InChI is InChI=1S/C20H24ClN3O4S/c1-14-17(21)8-7-9-18(14)29(27,28)23-15-12-16(20(25)26)19(22-13-15)24-10-5-3-2-4-6-11-24/h7-9,12-13,23H,2-6,10-11H2,1H3,(H,25,26). The summed E-state index contributed by atoms with van der Waals surface area (Å²) in [7, 11) is -3.94. The number of aromatic carboxylic acids is 1. The predicted molar refractivity (Wildman–Crippen MR) is 113 cm³/mol. The first-order valence-corrected chi connectivity index (χ1v) is 11.4. The Bertz CT molecular complexity index is 1000. The van der Waals surface area contributed by atoms with Gasteiger partial charge in [0.05, 0.1) is 16.8 Å². The van der Waals surface area contributed by atoms with Crippen LogP contribution in [0.1, 0.15) is 48.0 Å². The van der Waals surface area contributed by atoms with Gasteiger partial charge in [-0.2, -0.15) is 0 Å². The highest BCUT2D eigenvalue weighted by atomic mass is 35.5. The summed E-state index contributed by atoms with van der Waals surface area (Å²) >= 11 is 6.03. The van der Waals surface area contributed by atoms with Crippen LogP contribution in [0.3, 0.4) is 0 Å². The molecule has 29 heavy (non-hydrogen) atoms. The van der Waals surface area contributed by atoms with E-state index in [1.54, 1.807) is 19.1 Å². The number of nitrogens with zero attached hydrogens (tertiary/aromatic N) is 2. The second-order valence-electron chi connectivity index (χ2n) is 7.12. The molecule has 1 aromatic carbocycles. The zero-order chi connectivity index (χ0) is 21.0. The molecule has 1 fully saturated rings. The lowest BCUT2D eigenvalue weighted by Gasteiger charge is -2.27. The van der Waals surface area contributed by atoms with Crippen LogP contribution in [0.4, 0.5) is 11.5 Å². The number of anilines is 2. The Balaban J connectivity index is 1.92. The molecule has 2 N–H and O–H groups in total. The van der Waals surface area contributed by atoms with Gasteiger partial charge in [-0.15, -0.1) is 0 Å². The largest absolute Gasteiger partial charge is 0.478 e. The Morgan fingerprint density at radius 3 is 2.48 bits per heavy atom. The van der Waals surface area contributed by atoms with Gasteiger partial charge in [-0.1, -0.05) is 36.9 Å². The summed E-state index contributed by atoms with van der Waals surface area (Å²) in [6, 6.07) is 5.93. The van der Waals surface area contributed by atoms with Gasteiger partial charge >= 0.3 is 5.97 Å². The summed E-state index contributed by atoms with van der Waals surface area (Å²) in [4.78, 5) is 18.2. The molecule has 0 saturated carbocycles. The van der Waals surface area contributed by atoms with E-state index < -0.39 is 16.0 Å². The number of aromatic nitrogens is 1. The molecule has 0 radical (unpaired) electrons. The molecule has 7 nitrogen and oxygen atoms in total. The molecule has 1 saturated heterocycles. The number of carboxylic acids is 1. The molecule has 1 aliphatic heterocycles. The van der Waals surface area contributed by atoms with Crippen molar-refractivity contribution in [3.63, 3.8) is 0 Å². The predicted octanol–water partition coefficient (Wildman–Crippen LogP) is 4.31.